The van der Waals surface area contributed by atoms with Gasteiger partial charge in [-0.15, -0.1) is 0 Å². The van der Waals surface area contributed by atoms with Crippen LogP contribution in [0.3, 0.4) is 0 Å². The first kappa shape index (κ1) is 15.2. The van der Waals surface area contributed by atoms with Gasteiger partial charge in [-0.05, 0) is 18.6 Å². The maximum absolute atomic E-state index is 12.6. The lowest BCUT2D eigenvalue weighted by Gasteiger charge is -2.24. The number of halogens is 3. The van der Waals surface area contributed by atoms with Crippen LogP contribution in [0.2, 0.25) is 0 Å². The number of nitrogens with zero attached hydrogens (tertiary/aromatic N) is 2. The van der Waals surface area contributed by atoms with E-state index in [9.17, 15) is 13.2 Å². The molecule has 1 aromatic heterocycles. The van der Waals surface area contributed by atoms with Crippen molar-refractivity contribution in [3.8, 4) is 0 Å². The lowest BCUT2D eigenvalue weighted by Crippen LogP contribution is -2.24. The summed E-state index contributed by atoms with van der Waals surface area (Å²) >= 11 is 0. The Morgan fingerprint density at radius 1 is 1.19 bits per heavy atom. The predicted octanol–water partition coefficient (Wildman–Crippen LogP) is 3.71. The molecule has 6 heteroatoms. The molecule has 1 aromatic carbocycles. The van der Waals surface area contributed by atoms with Gasteiger partial charge in [0.05, 0.1) is 11.3 Å². The Morgan fingerprint density at radius 2 is 1.86 bits per heavy atom. The monoisotopic (exact) mass is 295 g/mol. The molecule has 0 radical (unpaired) electrons. The molecular formula is C15H16F3N3. The smallest absolute Gasteiger partial charge is 0.396 e. The minimum atomic E-state index is -4.43. The zero-order chi connectivity index (χ0) is 15.5. The summed E-state index contributed by atoms with van der Waals surface area (Å²) < 4.78 is 37.9. The molecule has 0 bridgehead atoms. The molecule has 0 aliphatic carbocycles. The Bertz CT molecular complexity index is 597. The summed E-state index contributed by atoms with van der Waals surface area (Å²) in [5.74, 6) is 0.370. The van der Waals surface area contributed by atoms with Crippen LogP contribution in [0.5, 0.6) is 0 Å². The summed E-state index contributed by atoms with van der Waals surface area (Å²) in [6.07, 6.45) is -3.62. The van der Waals surface area contributed by atoms with E-state index in [1.807, 2.05) is 42.2 Å². The molecule has 0 fully saturated rings. The third-order valence-corrected chi connectivity index (χ3v) is 3.12. The predicted molar refractivity (Wildman–Crippen MR) is 76.8 cm³/mol. The number of hydrogen-bond donors (Lipinski definition) is 1. The zero-order valence-corrected chi connectivity index (χ0v) is 11.6. The van der Waals surface area contributed by atoms with Gasteiger partial charge in [0.25, 0.3) is 0 Å². The van der Waals surface area contributed by atoms with Crippen LogP contribution in [0.4, 0.5) is 24.7 Å². The molecule has 3 nitrogen and oxygen atoms in total. The van der Waals surface area contributed by atoms with Gasteiger partial charge in [0.2, 0.25) is 0 Å². The van der Waals surface area contributed by atoms with Gasteiger partial charge in [-0.25, -0.2) is 4.98 Å². The number of rotatable bonds is 4. The van der Waals surface area contributed by atoms with Crippen molar-refractivity contribution >= 4 is 11.5 Å². The van der Waals surface area contributed by atoms with Crippen molar-refractivity contribution in [1.29, 1.82) is 0 Å². The molecule has 0 aliphatic rings. The van der Waals surface area contributed by atoms with E-state index < -0.39 is 11.7 Å². The minimum absolute atomic E-state index is 0.0302. The van der Waals surface area contributed by atoms with Gasteiger partial charge in [0.15, 0.2) is 5.82 Å². The molecule has 0 amide bonds. The summed E-state index contributed by atoms with van der Waals surface area (Å²) in [6.45, 7) is 3.04. The normalized spacial score (nSPS) is 11.4. The number of anilines is 2. The van der Waals surface area contributed by atoms with Crippen LogP contribution in [0, 0.1) is 0 Å². The average molecular weight is 295 g/mol. The number of hydrogen-bond acceptors (Lipinski definition) is 3. The maximum atomic E-state index is 12.6. The number of pyridine rings is 1. The van der Waals surface area contributed by atoms with Crippen molar-refractivity contribution in [2.75, 3.05) is 17.2 Å². The number of nitrogens with two attached hydrogens (primary N) is 1. The molecule has 0 saturated heterocycles. The first-order valence-electron chi connectivity index (χ1n) is 6.53. The van der Waals surface area contributed by atoms with Gasteiger partial charge in [0.1, 0.15) is 0 Å². The third kappa shape index (κ3) is 3.65. The maximum Gasteiger partial charge on any atom is 0.417 e. The van der Waals surface area contributed by atoms with Gasteiger partial charge in [-0.3, -0.25) is 0 Å². The van der Waals surface area contributed by atoms with Crippen molar-refractivity contribution in [3.63, 3.8) is 0 Å². The van der Waals surface area contributed by atoms with E-state index >= 15 is 0 Å². The van der Waals surface area contributed by atoms with Gasteiger partial charge in [-0.2, -0.15) is 13.2 Å². The van der Waals surface area contributed by atoms with Crippen LogP contribution < -0.4 is 10.6 Å². The van der Waals surface area contributed by atoms with E-state index in [1.54, 1.807) is 0 Å². The van der Waals surface area contributed by atoms with Crippen molar-refractivity contribution < 1.29 is 13.2 Å². The molecule has 0 saturated carbocycles. The van der Waals surface area contributed by atoms with Crippen LogP contribution in [-0.2, 0) is 12.7 Å². The molecule has 2 aromatic rings. The number of aromatic nitrogens is 1. The summed E-state index contributed by atoms with van der Waals surface area (Å²) in [7, 11) is 0. The first-order chi connectivity index (χ1) is 9.91. The average Bonchev–Trinajstić information content (AvgIpc) is 2.45. The number of nitrogen functional groups attached to an aromatic ring is 1. The lowest BCUT2D eigenvalue weighted by molar-refractivity contribution is -0.137. The third-order valence-electron chi connectivity index (χ3n) is 3.12. The molecule has 2 rings (SSSR count). The highest BCUT2D eigenvalue weighted by Gasteiger charge is 2.31. The Morgan fingerprint density at radius 3 is 2.38 bits per heavy atom. The Hall–Kier alpha value is -2.24. The second-order valence-corrected chi connectivity index (χ2v) is 4.63. The van der Waals surface area contributed by atoms with E-state index in [0.717, 1.165) is 17.8 Å². The summed E-state index contributed by atoms with van der Waals surface area (Å²) in [5, 5.41) is 0. The minimum Gasteiger partial charge on any atom is -0.396 e. The quantitative estimate of drug-likeness (QED) is 0.935. The van der Waals surface area contributed by atoms with Crippen molar-refractivity contribution in [1.82, 2.24) is 4.98 Å². The van der Waals surface area contributed by atoms with Crippen LogP contribution in [0.1, 0.15) is 18.1 Å². The van der Waals surface area contributed by atoms with E-state index in [1.165, 1.54) is 0 Å². The topological polar surface area (TPSA) is 42.2 Å². The van der Waals surface area contributed by atoms with Crippen molar-refractivity contribution in [2.45, 2.75) is 19.6 Å². The highest BCUT2D eigenvalue weighted by atomic mass is 19.4. The zero-order valence-electron chi connectivity index (χ0n) is 11.6. The summed E-state index contributed by atoms with van der Waals surface area (Å²) in [4.78, 5) is 5.73. The summed E-state index contributed by atoms with van der Waals surface area (Å²) in [6, 6.07) is 10.5. The van der Waals surface area contributed by atoms with Gasteiger partial charge in [0, 0.05) is 19.3 Å². The van der Waals surface area contributed by atoms with Gasteiger partial charge in [-0.1, -0.05) is 30.3 Å². The number of benzene rings is 1. The molecule has 21 heavy (non-hydrogen) atoms. The Labute approximate surface area is 121 Å². The van der Waals surface area contributed by atoms with Crippen LogP contribution in [-0.4, -0.2) is 11.5 Å². The van der Waals surface area contributed by atoms with E-state index in [-0.39, 0.29) is 5.69 Å². The van der Waals surface area contributed by atoms with E-state index in [4.69, 9.17) is 5.73 Å². The molecule has 0 atom stereocenters. The summed E-state index contributed by atoms with van der Waals surface area (Å²) in [5.41, 5.74) is 5.98. The fourth-order valence-corrected chi connectivity index (χ4v) is 2.03. The van der Waals surface area contributed by atoms with Crippen LogP contribution in [0.15, 0.2) is 42.6 Å². The highest BCUT2D eigenvalue weighted by molar-refractivity contribution is 5.63. The van der Waals surface area contributed by atoms with E-state index in [2.05, 4.69) is 4.98 Å². The number of alkyl halides is 3. The molecule has 112 valence electrons. The van der Waals surface area contributed by atoms with Gasteiger partial charge < -0.3 is 10.6 Å². The van der Waals surface area contributed by atoms with Crippen LogP contribution >= 0.6 is 0 Å². The SMILES string of the molecule is CCN(Cc1ccccc1)c1ncc(C(F)(F)F)cc1N. The second kappa shape index (κ2) is 6.03. The molecule has 0 aliphatic heterocycles. The van der Waals surface area contributed by atoms with Gasteiger partial charge >= 0.3 is 6.18 Å². The fraction of sp³-hybridized carbons (Fsp3) is 0.267. The van der Waals surface area contributed by atoms with Crippen LogP contribution in [0.25, 0.3) is 0 Å². The molecule has 1 heterocycles. The molecular weight excluding hydrogens is 279 g/mol. The molecule has 0 spiro atoms. The Kier molecular flexibility index (Phi) is 4.35. The first-order valence-corrected chi connectivity index (χ1v) is 6.53. The van der Waals surface area contributed by atoms with Crippen molar-refractivity contribution in [3.05, 3.63) is 53.7 Å². The Balaban J connectivity index is 2.26. The van der Waals surface area contributed by atoms with E-state index in [0.29, 0.717) is 18.9 Å². The highest BCUT2D eigenvalue weighted by Crippen LogP contribution is 2.32. The fourth-order valence-electron chi connectivity index (χ4n) is 2.03. The standard InChI is InChI=1S/C15H16F3N3/c1-2-21(10-11-6-4-3-5-7-11)14-13(19)8-12(9-20-14)15(16,17)18/h3-9H,2,10,19H2,1H3. The molecule has 0 unspecified atom stereocenters. The molecule has 2 N–H and O–H groups in total. The second-order valence-electron chi connectivity index (χ2n) is 4.63. The lowest BCUT2D eigenvalue weighted by atomic mass is 10.2. The largest absolute Gasteiger partial charge is 0.417 e. The van der Waals surface area contributed by atoms with Crippen molar-refractivity contribution in [2.24, 2.45) is 0 Å².